The van der Waals surface area contributed by atoms with E-state index >= 15 is 0 Å². The lowest BCUT2D eigenvalue weighted by Crippen LogP contribution is -2.20. The third-order valence-corrected chi connectivity index (χ3v) is 6.42. The molecule has 6 heteroatoms. The molecule has 2 atom stereocenters. The highest BCUT2D eigenvalue weighted by Gasteiger charge is 2.32. The van der Waals surface area contributed by atoms with Crippen molar-refractivity contribution in [2.75, 3.05) is 13.3 Å². The first kappa shape index (κ1) is 20.1. The monoisotopic (exact) mass is 398 g/mol. The number of fused-ring (bicyclic) bond motifs is 1. The van der Waals surface area contributed by atoms with E-state index in [4.69, 9.17) is 13.8 Å². The molecule has 0 N–H and O–H groups in total. The van der Waals surface area contributed by atoms with Gasteiger partial charge in [0.1, 0.15) is 12.4 Å². The van der Waals surface area contributed by atoms with Crippen LogP contribution >= 0.6 is 7.60 Å². The van der Waals surface area contributed by atoms with Gasteiger partial charge in [0.2, 0.25) is 0 Å². The van der Waals surface area contributed by atoms with Gasteiger partial charge in [0, 0.05) is 12.5 Å². The number of benzene rings is 3. The van der Waals surface area contributed by atoms with Gasteiger partial charge in [-0.05, 0) is 17.0 Å². The van der Waals surface area contributed by atoms with Gasteiger partial charge in [-0.1, -0.05) is 73.7 Å². The molecule has 1 unspecified atom stereocenters. The third kappa shape index (κ3) is 5.00. The number of hydrogen-bond acceptors (Lipinski definition) is 5. The number of carbonyl (C=O) groups excluding carboxylic acids is 1. The maximum Gasteiger partial charge on any atom is 0.379 e. The summed E-state index contributed by atoms with van der Waals surface area (Å²) in [5.74, 6) is -0.611. The minimum Gasteiger partial charge on any atom is -0.461 e. The minimum absolute atomic E-state index is 0.0691. The largest absolute Gasteiger partial charge is 0.461 e. The second kappa shape index (κ2) is 9.05. The highest BCUT2D eigenvalue weighted by atomic mass is 31.2. The van der Waals surface area contributed by atoms with Crippen molar-refractivity contribution in [1.82, 2.24) is 0 Å². The van der Waals surface area contributed by atoms with Crippen LogP contribution in [0.2, 0.25) is 0 Å². The molecule has 3 aromatic carbocycles. The summed E-state index contributed by atoms with van der Waals surface area (Å²) in [6.07, 6.45) is -0.0691. The van der Waals surface area contributed by atoms with Gasteiger partial charge in [0.25, 0.3) is 0 Å². The van der Waals surface area contributed by atoms with Crippen LogP contribution in [0.4, 0.5) is 0 Å². The standard InChI is InChI=1S/C22H23O5P/c1-17(22(23)26-15-18-9-4-3-5-10-18)16-28(24,25-2)27-21-14-8-12-19-11-6-7-13-20(19)21/h3-14,17H,15-16H2,1-2H3/t17-,28?/m1/s1. The van der Waals surface area contributed by atoms with E-state index in [0.717, 1.165) is 16.3 Å². The summed E-state index contributed by atoms with van der Waals surface area (Å²) >= 11 is 0. The van der Waals surface area contributed by atoms with Crippen LogP contribution in [0.3, 0.4) is 0 Å². The van der Waals surface area contributed by atoms with Gasteiger partial charge in [-0.3, -0.25) is 4.79 Å². The van der Waals surface area contributed by atoms with E-state index in [1.807, 2.05) is 66.7 Å². The van der Waals surface area contributed by atoms with Gasteiger partial charge in [-0.2, -0.15) is 0 Å². The molecule has 0 saturated carbocycles. The highest BCUT2D eigenvalue weighted by Crippen LogP contribution is 2.50. The Hall–Kier alpha value is -2.62. The van der Waals surface area contributed by atoms with Crippen molar-refractivity contribution in [1.29, 1.82) is 0 Å². The summed E-state index contributed by atoms with van der Waals surface area (Å²) in [4.78, 5) is 12.3. The van der Waals surface area contributed by atoms with E-state index in [1.54, 1.807) is 13.0 Å². The first-order valence-electron chi connectivity index (χ1n) is 9.03. The zero-order valence-electron chi connectivity index (χ0n) is 15.9. The summed E-state index contributed by atoms with van der Waals surface area (Å²) in [6, 6.07) is 22.6. The highest BCUT2D eigenvalue weighted by molar-refractivity contribution is 7.54. The van der Waals surface area contributed by atoms with Crippen molar-refractivity contribution in [2.24, 2.45) is 5.92 Å². The fraction of sp³-hybridized carbons (Fsp3) is 0.227. The van der Waals surface area contributed by atoms with Gasteiger partial charge in [-0.15, -0.1) is 0 Å². The van der Waals surface area contributed by atoms with Gasteiger partial charge >= 0.3 is 13.6 Å². The number of esters is 1. The van der Waals surface area contributed by atoms with E-state index in [9.17, 15) is 9.36 Å². The molecule has 3 aromatic rings. The molecular formula is C22H23O5P. The lowest BCUT2D eigenvalue weighted by atomic mass is 10.1. The molecule has 0 aliphatic carbocycles. The smallest absolute Gasteiger partial charge is 0.379 e. The van der Waals surface area contributed by atoms with Gasteiger partial charge < -0.3 is 13.8 Å². The molecule has 0 saturated heterocycles. The molecule has 5 nitrogen and oxygen atoms in total. The molecule has 0 fully saturated rings. The van der Waals surface area contributed by atoms with Crippen LogP contribution in [-0.2, 0) is 25.2 Å². The van der Waals surface area contributed by atoms with E-state index in [0.29, 0.717) is 5.75 Å². The van der Waals surface area contributed by atoms with Crippen molar-refractivity contribution in [3.05, 3.63) is 78.4 Å². The van der Waals surface area contributed by atoms with E-state index in [-0.39, 0.29) is 12.8 Å². The first-order valence-corrected chi connectivity index (χ1v) is 10.8. The molecule has 0 aromatic heterocycles. The van der Waals surface area contributed by atoms with Crippen LogP contribution in [0.5, 0.6) is 5.75 Å². The van der Waals surface area contributed by atoms with Crippen LogP contribution in [0.15, 0.2) is 72.8 Å². The topological polar surface area (TPSA) is 61.8 Å². The molecule has 0 aliphatic heterocycles. The number of ether oxygens (including phenoxy) is 1. The molecular weight excluding hydrogens is 375 g/mol. The van der Waals surface area contributed by atoms with Crippen molar-refractivity contribution in [3.63, 3.8) is 0 Å². The summed E-state index contributed by atoms with van der Waals surface area (Å²) in [6.45, 7) is 1.83. The Bertz CT molecular complexity index is 981. The number of carbonyl (C=O) groups is 1. The first-order chi connectivity index (χ1) is 13.5. The van der Waals surface area contributed by atoms with Crippen LogP contribution in [-0.4, -0.2) is 19.2 Å². The van der Waals surface area contributed by atoms with Crippen LogP contribution in [0.1, 0.15) is 12.5 Å². The normalized spacial score (nSPS) is 14.2. The van der Waals surface area contributed by atoms with E-state index in [2.05, 4.69) is 0 Å². The molecule has 0 aliphatic rings. The average Bonchev–Trinajstić information content (AvgIpc) is 2.73. The molecule has 0 radical (unpaired) electrons. The van der Waals surface area contributed by atoms with E-state index < -0.39 is 19.5 Å². The fourth-order valence-electron chi connectivity index (χ4n) is 2.86. The predicted octanol–water partition coefficient (Wildman–Crippen LogP) is 5.44. The fourth-order valence-corrected chi connectivity index (χ4v) is 4.43. The molecule has 28 heavy (non-hydrogen) atoms. The summed E-state index contributed by atoms with van der Waals surface area (Å²) < 4.78 is 29.4. The van der Waals surface area contributed by atoms with Crippen molar-refractivity contribution < 1.29 is 23.1 Å². The number of hydrogen-bond donors (Lipinski definition) is 0. The maximum atomic E-state index is 13.1. The molecule has 0 amide bonds. The SMILES string of the molecule is COP(=O)(C[C@@H](C)C(=O)OCc1ccccc1)Oc1cccc2ccccc12. The lowest BCUT2D eigenvalue weighted by molar-refractivity contribution is -0.148. The Morgan fingerprint density at radius 1 is 0.964 bits per heavy atom. The van der Waals surface area contributed by atoms with Crippen LogP contribution in [0, 0.1) is 5.92 Å². The molecule has 0 bridgehead atoms. The molecule has 0 heterocycles. The van der Waals surface area contributed by atoms with Gasteiger partial charge in [0.05, 0.1) is 12.1 Å². The predicted molar refractivity (Wildman–Crippen MR) is 109 cm³/mol. The Labute approximate surface area is 164 Å². The lowest BCUT2D eigenvalue weighted by Gasteiger charge is -2.21. The zero-order valence-corrected chi connectivity index (χ0v) is 16.8. The van der Waals surface area contributed by atoms with Crippen molar-refractivity contribution >= 4 is 24.3 Å². The molecule has 146 valence electrons. The zero-order chi connectivity index (χ0) is 20.0. The van der Waals surface area contributed by atoms with Crippen molar-refractivity contribution in [2.45, 2.75) is 13.5 Å². The minimum atomic E-state index is -3.53. The van der Waals surface area contributed by atoms with Gasteiger partial charge in [0.15, 0.2) is 0 Å². The summed E-state index contributed by atoms with van der Waals surface area (Å²) in [5.41, 5.74) is 0.893. The molecule has 3 rings (SSSR count). The van der Waals surface area contributed by atoms with Crippen molar-refractivity contribution in [3.8, 4) is 5.75 Å². The van der Waals surface area contributed by atoms with Crippen LogP contribution in [0.25, 0.3) is 10.8 Å². The summed E-state index contributed by atoms with van der Waals surface area (Å²) in [5, 5.41) is 1.81. The average molecular weight is 398 g/mol. The third-order valence-electron chi connectivity index (χ3n) is 4.39. The van der Waals surface area contributed by atoms with Crippen LogP contribution < -0.4 is 4.52 Å². The number of rotatable bonds is 8. The Morgan fingerprint density at radius 3 is 2.39 bits per heavy atom. The Morgan fingerprint density at radius 2 is 1.64 bits per heavy atom. The van der Waals surface area contributed by atoms with Gasteiger partial charge in [-0.25, -0.2) is 4.57 Å². The second-order valence-electron chi connectivity index (χ2n) is 6.54. The quantitative estimate of drug-likeness (QED) is 0.374. The Balaban J connectivity index is 1.67. The second-order valence-corrected chi connectivity index (χ2v) is 8.67. The Kier molecular flexibility index (Phi) is 6.50. The van der Waals surface area contributed by atoms with E-state index in [1.165, 1.54) is 7.11 Å². The molecule has 0 spiro atoms. The maximum absolute atomic E-state index is 13.1. The summed E-state index contributed by atoms with van der Waals surface area (Å²) in [7, 11) is -2.21.